The Labute approximate surface area is 161 Å². The Kier molecular flexibility index (Phi) is 3.66. The molecule has 5 rings (SSSR count). The van der Waals surface area contributed by atoms with Gasteiger partial charge >= 0.3 is 5.63 Å². The van der Waals surface area contributed by atoms with Crippen LogP contribution in [-0.2, 0) is 0 Å². The van der Waals surface area contributed by atoms with Crippen LogP contribution in [0, 0.1) is 13.8 Å². The van der Waals surface area contributed by atoms with Crippen molar-refractivity contribution in [3.05, 3.63) is 88.3 Å². The SMILES string of the molecule is Cc1ccccc1Nc1c2ccccc2nc2c1c(=O)oc1c(C)cccc12. The number of fused-ring (bicyclic) bond motifs is 4. The first-order chi connectivity index (χ1) is 13.6. The molecule has 136 valence electrons. The first-order valence-electron chi connectivity index (χ1n) is 9.21. The number of anilines is 2. The molecule has 5 aromatic rings. The molecule has 4 heteroatoms. The Morgan fingerprint density at radius 3 is 2.39 bits per heavy atom. The highest BCUT2D eigenvalue weighted by molar-refractivity contribution is 6.15. The molecule has 2 aromatic heterocycles. The molecule has 0 unspecified atom stereocenters. The van der Waals surface area contributed by atoms with E-state index in [4.69, 9.17) is 9.40 Å². The summed E-state index contributed by atoms with van der Waals surface area (Å²) in [4.78, 5) is 17.9. The van der Waals surface area contributed by atoms with Gasteiger partial charge in [0.1, 0.15) is 11.0 Å². The molecule has 1 N–H and O–H groups in total. The van der Waals surface area contributed by atoms with Crippen LogP contribution in [0.4, 0.5) is 11.4 Å². The normalized spacial score (nSPS) is 11.4. The van der Waals surface area contributed by atoms with E-state index in [0.717, 1.165) is 38.8 Å². The molecular formula is C24H18N2O2. The number of rotatable bonds is 2. The van der Waals surface area contributed by atoms with Gasteiger partial charge in [0, 0.05) is 16.5 Å². The van der Waals surface area contributed by atoms with E-state index in [9.17, 15) is 4.79 Å². The van der Waals surface area contributed by atoms with Gasteiger partial charge in [-0.15, -0.1) is 0 Å². The predicted molar refractivity (Wildman–Crippen MR) is 114 cm³/mol. The zero-order valence-electron chi connectivity index (χ0n) is 15.6. The maximum absolute atomic E-state index is 13.0. The average Bonchev–Trinajstić information content (AvgIpc) is 2.70. The number of aryl methyl sites for hydroxylation is 2. The van der Waals surface area contributed by atoms with Gasteiger partial charge in [-0.1, -0.05) is 48.5 Å². The van der Waals surface area contributed by atoms with Crippen molar-refractivity contribution >= 4 is 44.1 Å². The number of hydrogen-bond acceptors (Lipinski definition) is 4. The van der Waals surface area contributed by atoms with E-state index in [1.54, 1.807) is 0 Å². The maximum atomic E-state index is 13.0. The quantitative estimate of drug-likeness (QED) is 0.242. The van der Waals surface area contributed by atoms with Crippen LogP contribution in [-0.4, -0.2) is 4.98 Å². The van der Waals surface area contributed by atoms with Crippen molar-refractivity contribution in [1.29, 1.82) is 0 Å². The number of benzene rings is 3. The smallest absolute Gasteiger partial charge is 0.347 e. The molecule has 0 aliphatic carbocycles. The Morgan fingerprint density at radius 2 is 1.54 bits per heavy atom. The van der Waals surface area contributed by atoms with Crippen molar-refractivity contribution in [3.63, 3.8) is 0 Å². The first kappa shape index (κ1) is 16.5. The van der Waals surface area contributed by atoms with Crippen molar-refractivity contribution in [3.8, 4) is 0 Å². The van der Waals surface area contributed by atoms with Gasteiger partial charge in [-0.05, 0) is 43.2 Å². The Morgan fingerprint density at radius 1 is 0.821 bits per heavy atom. The second-order valence-electron chi connectivity index (χ2n) is 7.01. The van der Waals surface area contributed by atoms with Gasteiger partial charge in [0.25, 0.3) is 0 Å². The zero-order chi connectivity index (χ0) is 19.3. The van der Waals surface area contributed by atoms with Crippen molar-refractivity contribution in [2.24, 2.45) is 0 Å². The minimum Gasteiger partial charge on any atom is -0.422 e. The monoisotopic (exact) mass is 366 g/mol. The van der Waals surface area contributed by atoms with Gasteiger partial charge in [-0.3, -0.25) is 0 Å². The third-order valence-electron chi connectivity index (χ3n) is 5.16. The Balaban J connectivity index is 1.96. The minimum atomic E-state index is -0.383. The van der Waals surface area contributed by atoms with E-state index in [0.29, 0.717) is 16.5 Å². The molecule has 0 amide bonds. The molecule has 2 heterocycles. The molecular weight excluding hydrogens is 348 g/mol. The predicted octanol–water partition coefficient (Wildman–Crippen LogP) is 5.85. The molecule has 0 radical (unpaired) electrons. The van der Waals surface area contributed by atoms with Crippen LogP contribution in [0.25, 0.3) is 32.8 Å². The van der Waals surface area contributed by atoms with E-state index >= 15 is 0 Å². The summed E-state index contributed by atoms with van der Waals surface area (Å²) in [6.45, 7) is 3.97. The van der Waals surface area contributed by atoms with E-state index in [1.807, 2.05) is 80.6 Å². The Bertz CT molecular complexity index is 1430. The summed E-state index contributed by atoms with van der Waals surface area (Å²) in [5.74, 6) is 0. The lowest BCUT2D eigenvalue weighted by atomic mass is 10.0. The van der Waals surface area contributed by atoms with E-state index in [1.165, 1.54) is 0 Å². The number of nitrogens with one attached hydrogen (secondary N) is 1. The number of hydrogen-bond donors (Lipinski definition) is 1. The van der Waals surface area contributed by atoms with Crippen LogP contribution in [0.1, 0.15) is 11.1 Å². The summed E-state index contributed by atoms with van der Waals surface area (Å²) < 4.78 is 5.73. The van der Waals surface area contributed by atoms with Gasteiger partial charge in [-0.25, -0.2) is 9.78 Å². The molecule has 28 heavy (non-hydrogen) atoms. The largest absolute Gasteiger partial charge is 0.422 e. The molecule has 4 nitrogen and oxygen atoms in total. The van der Waals surface area contributed by atoms with Gasteiger partial charge in [-0.2, -0.15) is 0 Å². The Hall–Kier alpha value is -3.66. The molecule has 3 aromatic carbocycles. The molecule has 0 spiro atoms. The van der Waals surface area contributed by atoms with E-state index < -0.39 is 0 Å². The van der Waals surface area contributed by atoms with Crippen LogP contribution >= 0.6 is 0 Å². The number of pyridine rings is 1. The minimum absolute atomic E-state index is 0.383. The lowest BCUT2D eigenvalue weighted by molar-refractivity contribution is 0.567. The molecule has 0 aliphatic rings. The van der Waals surface area contributed by atoms with Crippen LogP contribution in [0.15, 0.2) is 75.9 Å². The second kappa shape index (κ2) is 6.20. The fourth-order valence-corrected chi connectivity index (χ4v) is 3.70. The lowest BCUT2D eigenvalue weighted by Crippen LogP contribution is -2.07. The average molecular weight is 366 g/mol. The van der Waals surface area contributed by atoms with Crippen LogP contribution in [0.5, 0.6) is 0 Å². The molecule has 0 aliphatic heterocycles. The fraction of sp³-hybridized carbons (Fsp3) is 0.0833. The molecule has 0 saturated heterocycles. The molecule has 0 bridgehead atoms. The van der Waals surface area contributed by atoms with Crippen LogP contribution in [0.3, 0.4) is 0 Å². The summed E-state index contributed by atoms with van der Waals surface area (Å²) in [6, 6.07) is 21.7. The van der Waals surface area contributed by atoms with Gasteiger partial charge < -0.3 is 9.73 Å². The second-order valence-corrected chi connectivity index (χ2v) is 7.01. The highest BCUT2D eigenvalue weighted by Gasteiger charge is 2.18. The lowest BCUT2D eigenvalue weighted by Gasteiger charge is -2.15. The van der Waals surface area contributed by atoms with Gasteiger partial charge in [0.05, 0.1) is 16.7 Å². The number of nitrogens with zero attached hydrogens (tertiary/aromatic N) is 1. The fourth-order valence-electron chi connectivity index (χ4n) is 3.70. The summed E-state index contributed by atoms with van der Waals surface area (Å²) in [5.41, 5.74) is 5.38. The van der Waals surface area contributed by atoms with Crippen LogP contribution in [0.2, 0.25) is 0 Å². The van der Waals surface area contributed by atoms with E-state index in [-0.39, 0.29) is 5.63 Å². The zero-order valence-corrected chi connectivity index (χ0v) is 15.6. The molecule has 0 saturated carbocycles. The topological polar surface area (TPSA) is 55.1 Å². The molecule has 0 fully saturated rings. The third-order valence-corrected chi connectivity index (χ3v) is 5.16. The highest BCUT2D eigenvalue weighted by atomic mass is 16.4. The molecule has 0 atom stereocenters. The number of aromatic nitrogens is 1. The van der Waals surface area contributed by atoms with Crippen LogP contribution < -0.4 is 10.9 Å². The van der Waals surface area contributed by atoms with Crippen molar-refractivity contribution in [1.82, 2.24) is 4.98 Å². The van der Waals surface area contributed by atoms with Crippen molar-refractivity contribution in [2.45, 2.75) is 13.8 Å². The summed E-state index contributed by atoms with van der Waals surface area (Å²) in [6.07, 6.45) is 0. The summed E-state index contributed by atoms with van der Waals surface area (Å²) in [5, 5.41) is 5.68. The summed E-state index contributed by atoms with van der Waals surface area (Å²) in [7, 11) is 0. The first-order valence-corrected chi connectivity index (χ1v) is 9.21. The highest BCUT2D eigenvalue weighted by Crippen LogP contribution is 2.35. The van der Waals surface area contributed by atoms with E-state index in [2.05, 4.69) is 5.32 Å². The standard InChI is InChI=1S/C24H18N2O2/c1-14-8-3-5-12-18(14)25-21-16-10-4-6-13-19(16)26-22-17-11-7-9-15(2)23(17)28-24(27)20(21)22/h3-13H,1-2H3,(H,25,26). The van der Waals surface area contributed by atoms with Gasteiger partial charge in [0.15, 0.2) is 0 Å². The third kappa shape index (κ3) is 2.46. The number of para-hydroxylation sites is 3. The van der Waals surface area contributed by atoms with Gasteiger partial charge in [0.2, 0.25) is 0 Å². The summed E-state index contributed by atoms with van der Waals surface area (Å²) >= 11 is 0. The maximum Gasteiger partial charge on any atom is 0.347 e. The van der Waals surface area contributed by atoms with Crippen molar-refractivity contribution < 1.29 is 4.42 Å². The van der Waals surface area contributed by atoms with Crippen molar-refractivity contribution in [2.75, 3.05) is 5.32 Å².